The second-order valence-electron chi connectivity index (χ2n) is 4.34. The summed E-state index contributed by atoms with van der Waals surface area (Å²) in [7, 11) is 0. The molecule has 1 heterocycles. The van der Waals surface area contributed by atoms with Gasteiger partial charge < -0.3 is 25.2 Å². The Morgan fingerprint density at radius 3 is 2.55 bits per heavy atom. The first-order valence-corrected chi connectivity index (χ1v) is 6.72. The summed E-state index contributed by atoms with van der Waals surface area (Å²) in [5, 5.41) is 9.62. The molecule has 3 N–H and O–H groups in total. The quantitative estimate of drug-likeness (QED) is 0.530. The van der Waals surface area contributed by atoms with Gasteiger partial charge in [-0.2, -0.15) is 0 Å². The van der Waals surface area contributed by atoms with Gasteiger partial charge in [-0.05, 0) is 0 Å². The van der Waals surface area contributed by atoms with Crippen LogP contribution in [0.15, 0.2) is 11.3 Å². The summed E-state index contributed by atoms with van der Waals surface area (Å²) in [6.07, 6.45) is 0.273. The number of rotatable bonds is 10. The number of nitrogens with zero attached hydrogens (tertiary/aromatic N) is 1. The lowest BCUT2D eigenvalue weighted by Gasteiger charge is -2.15. The molecular formula is C13H22N2O5. The molecular weight excluding hydrogens is 264 g/mol. The highest BCUT2D eigenvalue weighted by atomic mass is 16.5. The average Bonchev–Trinajstić information content (AvgIpc) is 2.74. The molecule has 0 saturated carbocycles. The van der Waals surface area contributed by atoms with Gasteiger partial charge in [0.25, 0.3) is 5.91 Å². The summed E-state index contributed by atoms with van der Waals surface area (Å²) in [5.74, 6) is -1.14. The Balaban J connectivity index is 2.24. The van der Waals surface area contributed by atoms with Crippen LogP contribution in [0.1, 0.15) is 13.3 Å². The van der Waals surface area contributed by atoms with Crippen molar-refractivity contribution in [3.05, 3.63) is 11.3 Å². The number of aliphatic hydroxyl groups excluding tert-OH is 1. The molecule has 114 valence electrons. The van der Waals surface area contributed by atoms with Crippen molar-refractivity contribution in [1.29, 1.82) is 0 Å². The lowest BCUT2D eigenvalue weighted by atomic mass is 10.1. The molecule has 7 nitrogen and oxygen atoms in total. The third-order valence-corrected chi connectivity index (χ3v) is 2.92. The first-order chi connectivity index (χ1) is 9.61. The smallest absolute Gasteiger partial charge is 0.289 e. The van der Waals surface area contributed by atoms with Gasteiger partial charge in [-0.1, -0.05) is 6.92 Å². The van der Waals surface area contributed by atoms with Crippen molar-refractivity contribution in [2.24, 2.45) is 5.73 Å². The van der Waals surface area contributed by atoms with E-state index in [1.54, 1.807) is 6.92 Å². The molecule has 0 spiro atoms. The molecule has 1 amide bonds. The van der Waals surface area contributed by atoms with Crippen LogP contribution in [0.3, 0.4) is 0 Å². The molecule has 0 aromatic rings. The van der Waals surface area contributed by atoms with E-state index in [0.29, 0.717) is 39.5 Å². The number of hydrogen-bond acceptors (Lipinski definition) is 6. The van der Waals surface area contributed by atoms with E-state index >= 15 is 0 Å². The van der Waals surface area contributed by atoms with Gasteiger partial charge >= 0.3 is 0 Å². The fraction of sp³-hybridized carbons (Fsp3) is 0.692. The van der Waals surface area contributed by atoms with Crippen LogP contribution >= 0.6 is 0 Å². The summed E-state index contributed by atoms with van der Waals surface area (Å²) in [5.41, 5.74) is 5.46. The Morgan fingerprint density at radius 1 is 1.30 bits per heavy atom. The number of ketones is 1. The minimum absolute atomic E-state index is 0.157. The minimum Gasteiger partial charge on any atom is -0.503 e. The summed E-state index contributed by atoms with van der Waals surface area (Å²) in [6.45, 7) is 4.36. The van der Waals surface area contributed by atoms with E-state index < -0.39 is 11.7 Å². The van der Waals surface area contributed by atoms with E-state index in [1.165, 1.54) is 4.90 Å². The van der Waals surface area contributed by atoms with E-state index in [-0.39, 0.29) is 24.3 Å². The molecule has 1 aliphatic heterocycles. The van der Waals surface area contributed by atoms with Crippen LogP contribution in [0, 0.1) is 0 Å². The Hall–Kier alpha value is -1.44. The van der Waals surface area contributed by atoms with Crippen LogP contribution in [0.5, 0.6) is 0 Å². The highest BCUT2D eigenvalue weighted by Gasteiger charge is 2.32. The second kappa shape index (κ2) is 8.68. The predicted molar refractivity (Wildman–Crippen MR) is 72.2 cm³/mol. The largest absolute Gasteiger partial charge is 0.503 e. The zero-order chi connectivity index (χ0) is 15.0. The number of aliphatic hydroxyl groups is 1. The van der Waals surface area contributed by atoms with Crippen molar-refractivity contribution in [2.45, 2.75) is 13.3 Å². The molecule has 1 aliphatic rings. The lowest BCUT2D eigenvalue weighted by molar-refractivity contribution is -0.128. The Bertz CT molecular complexity index is 381. The fourth-order valence-corrected chi connectivity index (χ4v) is 1.81. The molecule has 0 aromatic heterocycles. The first-order valence-electron chi connectivity index (χ1n) is 6.72. The third kappa shape index (κ3) is 4.59. The SMILES string of the molecule is CCC(=O)C1=C(O)C(=O)N(CCOCCOCCN)C1. The first kappa shape index (κ1) is 16.6. The highest BCUT2D eigenvalue weighted by Crippen LogP contribution is 2.18. The molecule has 0 saturated heterocycles. The van der Waals surface area contributed by atoms with Crippen LogP contribution in [0.25, 0.3) is 0 Å². The van der Waals surface area contributed by atoms with Crippen molar-refractivity contribution < 1.29 is 24.2 Å². The standard InChI is InChI=1S/C13H22N2O5/c1-2-11(16)10-9-15(13(18)12(10)17)4-6-20-8-7-19-5-3-14/h17H,2-9,14H2,1H3. The number of carbonyl (C=O) groups is 2. The number of carbonyl (C=O) groups excluding carboxylic acids is 2. The van der Waals surface area contributed by atoms with Crippen molar-refractivity contribution in [3.63, 3.8) is 0 Å². The van der Waals surface area contributed by atoms with Crippen LogP contribution < -0.4 is 5.73 Å². The van der Waals surface area contributed by atoms with Crippen molar-refractivity contribution in [2.75, 3.05) is 46.1 Å². The maximum absolute atomic E-state index is 11.7. The molecule has 0 bridgehead atoms. The summed E-state index contributed by atoms with van der Waals surface area (Å²) >= 11 is 0. The topological polar surface area (TPSA) is 102 Å². The molecule has 7 heteroatoms. The van der Waals surface area contributed by atoms with E-state index in [1.807, 2.05) is 0 Å². The zero-order valence-electron chi connectivity index (χ0n) is 11.8. The highest BCUT2D eigenvalue weighted by molar-refractivity contribution is 6.07. The predicted octanol–water partition coefficient (Wildman–Crippen LogP) is -0.388. The Morgan fingerprint density at radius 2 is 1.95 bits per heavy atom. The van der Waals surface area contributed by atoms with Gasteiger partial charge in [-0.3, -0.25) is 9.59 Å². The van der Waals surface area contributed by atoms with E-state index in [2.05, 4.69) is 0 Å². The zero-order valence-corrected chi connectivity index (χ0v) is 11.8. The molecule has 0 aliphatic carbocycles. The number of nitrogens with two attached hydrogens (primary N) is 1. The molecule has 1 rings (SSSR count). The number of amides is 1. The van der Waals surface area contributed by atoms with Crippen LogP contribution in [-0.2, 0) is 19.1 Å². The van der Waals surface area contributed by atoms with Crippen molar-refractivity contribution in [1.82, 2.24) is 4.90 Å². The van der Waals surface area contributed by atoms with Crippen LogP contribution in [0.4, 0.5) is 0 Å². The Labute approximate surface area is 118 Å². The van der Waals surface area contributed by atoms with Gasteiger partial charge in [0.1, 0.15) is 0 Å². The Kier molecular flexibility index (Phi) is 7.21. The van der Waals surface area contributed by atoms with Gasteiger partial charge in [0.2, 0.25) is 0 Å². The van der Waals surface area contributed by atoms with Gasteiger partial charge in [0.15, 0.2) is 11.5 Å². The summed E-state index contributed by atoms with van der Waals surface area (Å²) in [6, 6.07) is 0. The molecule has 0 atom stereocenters. The van der Waals surface area contributed by atoms with Gasteiger partial charge in [-0.15, -0.1) is 0 Å². The number of Topliss-reactive ketones (excluding diaryl/α,β-unsaturated/α-hetero) is 1. The lowest BCUT2D eigenvalue weighted by Crippen LogP contribution is -2.31. The normalized spacial score (nSPS) is 15.3. The average molecular weight is 286 g/mol. The maximum atomic E-state index is 11.7. The second-order valence-corrected chi connectivity index (χ2v) is 4.34. The molecule has 0 radical (unpaired) electrons. The van der Waals surface area contributed by atoms with Gasteiger partial charge in [0.05, 0.1) is 38.5 Å². The van der Waals surface area contributed by atoms with Crippen LogP contribution in [-0.4, -0.2) is 67.8 Å². The minimum atomic E-state index is -0.509. The van der Waals surface area contributed by atoms with E-state index in [4.69, 9.17) is 15.2 Å². The fourth-order valence-electron chi connectivity index (χ4n) is 1.81. The maximum Gasteiger partial charge on any atom is 0.289 e. The van der Waals surface area contributed by atoms with E-state index in [9.17, 15) is 14.7 Å². The third-order valence-electron chi connectivity index (χ3n) is 2.92. The van der Waals surface area contributed by atoms with Gasteiger partial charge in [-0.25, -0.2) is 0 Å². The summed E-state index contributed by atoms with van der Waals surface area (Å²) in [4.78, 5) is 24.7. The van der Waals surface area contributed by atoms with E-state index in [0.717, 1.165) is 0 Å². The molecule has 0 unspecified atom stereocenters. The monoisotopic (exact) mass is 286 g/mol. The van der Waals surface area contributed by atoms with Crippen LogP contribution in [0.2, 0.25) is 0 Å². The van der Waals surface area contributed by atoms with Crippen molar-refractivity contribution >= 4 is 11.7 Å². The molecule has 0 fully saturated rings. The summed E-state index contributed by atoms with van der Waals surface area (Å²) < 4.78 is 10.4. The number of hydrogen-bond donors (Lipinski definition) is 2. The molecule has 0 aromatic carbocycles. The number of ether oxygens (including phenoxy) is 2. The van der Waals surface area contributed by atoms with Crippen molar-refractivity contribution in [3.8, 4) is 0 Å². The molecule has 20 heavy (non-hydrogen) atoms. The van der Waals surface area contributed by atoms with Gasteiger partial charge in [0, 0.05) is 19.5 Å².